The third-order valence-corrected chi connectivity index (χ3v) is 14.5. The molecule has 0 aliphatic carbocycles. The Labute approximate surface area is 447 Å². The van der Waals surface area contributed by atoms with Gasteiger partial charge in [-0.1, -0.05) is 256 Å². The number of aliphatic hydroxyl groups excluding tert-OH is 5. The van der Waals surface area contributed by atoms with Gasteiger partial charge in [0, 0.05) is 6.42 Å². The number of rotatable bonds is 52. The minimum absolute atomic E-state index is 0.121. The van der Waals surface area contributed by atoms with Crippen LogP contribution in [0.2, 0.25) is 0 Å². The molecule has 1 aliphatic rings. The van der Waals surface area contributed by atoms with Gasteiger partial charge >= 0.3 is 5.97 Å². The van der Waals surface area contributed by atoms with Gasteiger partial charge in [-0.25, -0.2) is 0 Å². The molecule has 1 saturated heterocycles. The summed E-state index contributed by atoms with van der Waals surface area (Å²) in [4.78, 5) is 26.5. The number of carbonyl (C=O) groups is 2. The fraction of sp³-hybridized carbons (Fsp3) is 0.871. The average Bonchev–Trinajstić information content (AvgIpc) is 3.39. The SMILES string of the molecule is CCCCC/C=C\C/C=C\CCCCCCCCCCCC(=O)OC1C(OCC(NC(=O)C(O)CCCCCCCCCCCCCC)C(O)/C=C/CCCCCCCCCCCCC)OC(CO)C(O)C1O. The standard InChI is InChI=1S/C62H115NO10/c1-4-7-10-13-16-19-22-25-26-27-28-29-30-32-35-38-41-44-47-50-57(67)73-60-59(69)58(68)56(51-64)72-62(60)71-52-53(54(65)48-45-42-39-36-34-31-23-20-17-14-11-8-5-2)63-61(70)55(66)49-46-43-40-37-33-24-21-18-15-12-9-6-3/h16,19,25-26,45,48,53-56,58-60,62,64-66,68-69H,4-15,17-18,20-24,27-44,46-47,49-52H2,1-3H3,(H,63,70)/b19-16-,26-25-,48-45+. The second kappa shape index (κ2) is 50.7. The van der Waals surface area contributed by atoms with Gasteiger partial charge in [0.1, 0.15) is 24.4 Å². The van der Waals surface area contributed by atoms with E-state index in [0.717, 1.165) is 70.6 Å². The summed E-state index contributed by atoms with van der Waals surface area (Å²) in [5.41, 5.74) is 0. The second-order valence-corrected chi connectivity index (χ2v) is 21.4. The zero-order valence-electron chi connectivity index (χ0n) is 47.3. The average molecular weight is 1030 g/mol. The molecule has 0 aromatic heterocycles. The minimum Gasteiger partial charge on any atom is -0.454 e. The van der Waals surface area contributed by atoms with E-state index in [1.807, 2.05) is 6.08 Å². The van der Waals surface area contributed by atoms with Crippen LogP contribution in [0.25, 0.3) is 0 Å². The fourth-order valence-electron chi connectivity index (χ4n) is 9.62. The Balaban J connectivity index is 2.68. The van der Waals surface area contributed by atoms with Crippen LogP contribution in [0.5, 0.6) is 0 Å². The lowest BCUT2D eigenvalue weighted by atomic mass is 9.99. The molecule has 1 rings (SSSR count). The smallest absolute Gasteiger partial charge is 0.306 e. The van der Waals surface area contributed by atoms with E-state index >= 15 is 0 Å². The molecule has 1 aliphatic heterocycles. The Morgan fingerprint density at radius 3 is 1.42 bits per heavy atom. The Morgan fingerprint density at radius 1 is 0.534 bits per heavy atom. The number of unbranched alkanes of at least 4 members (excludes halogenated alkanes) is 34. The molecule has 73 heavy (non-hydrogen) atoms. The summed E-state index contributed by atoms with van der Waals surface area (Å²) in [6, 6.07) is -1.02. The number of nitrogens with one attached hydrogen (secondary N) is 1. The van der Waals surface area contributed by atoms with Crippen LogP contribution in [0.1, 0.15) is 284 Å². The number of carbonyl (C=O) groups excluding carboxylic acids is 2. The fourth-order valence-corrected chi connectivity index (χ4v) is 9.62. The number of aliphatic hydroxyl groups is 5. The van der Waals surface area contributed by atoms with E-state index in [1.165, 1.54) is 167 Å². The first-order valence-electron chi connectivity index (χ1n) is 30.8. The first-order valence-corrected chi connectivity index (χ1v) is 30.8. The Kier molecular flexibility index (Phi) is 47.8. The molecule has 1 amide bonds. The van der Waals surface area contributed by atoms with E-state index in [1.54, 1.807) is 6.08 Å². The van der Waals surface area contributed by atoms with Crippen molar-refractivity contribution in [2.45, 2.75) is 333 Å². The van der Waals surface area contributed by atoms with Gasteiger partial charge < -0.3 is 45.1 Å². The van der Waals surface area contributed by atoms with Crippen LogP contribution in [0, 0.1) is 0 Å². The van der Waals surface area contributed by atoms with E-state index in [-0.39, 0.29) is 13.0 Å². The minimum atomic E-state index is -1.61. The predicted octanol–water partition coefficient (Wildman–Crippen LogP) is 14.3. The molecule has 1 fully saturated rings. The van der Waals surface area contributed by atoms with Crippen molar-refractivity contribution in [1.82, 2.24) is 5.32 Å². The molecular weight excluding hydrogens is 919 g/mol. The molecule has 6 N–H and O–H groups in total. The second-order valence-electron chi connectivity index (χ2n) is 21.4. The molecule has 0 aromatic rings. The molecule has 1 heterocycles. The first-order chi connectivity index (χ1) is 35.7. The van der Waals surface area contributed by atoms with Gasteiger partial charge in [0.15, 0.2) is 12.4 Å². The quantitative estimate of drug-likeness (QED) is 0.0195. The molecule has 0 spiro atoms. The van der Waals surface area contributed by atoms with Crippen LogP contribution in [-0.4, -0.2) is 99.6 Å². The highest BCUT2D eigenvalue weighted by molar-refractivity contribution is 5.80. The van der Waals surface area contributed by atoms with Crippen molar-refractivity contribution in [2.75, 3.05) is 13.2 Å². The van der Waals surface area contributed by atoms with E-state index < -0.39 is 67.4 Å². The maximum absolute atomic E-state index is 13.4. The van der Waals surface area contributed by atoms with Crippen molar-refractivity contribution in [3.63, 3.8) is 0 Å². The van der Waals surface area contributed by atoms with Crippen LogP contribution in [0.15, 0.2) is 36.5 Å². The summed E-state index contributed by atoms with van der Waals surface area (Å²) in [5, 5.41) is 56.9. The summed E-state index contributed by atoms with van der Waals surface area (Å²) in [6.07, 6.45) is 48.9. The number of hydrogen-bond donors (Lipinski definition) is 6. The van der Waals surface area contributed by atoms with Crippen LogP contribution in [0.3, 0.4) is 0 Å². The summed E-state index contributed by atoms with van der Waals surface area (Å²) >= 11 is 0. The van der Waals surface area contributed by atoms with Gasteiger partial charge in [0.25, 0.3) is 0 Å². The monoisotopic (exact) mass is 1030 g/mol. The lowest BCUT2D eigenvalue weighted by molar-refractivity contribution is -0.305. The van der Waals surface area contributed by atoms with Crippen molar-refractivity contribution in [2.24, 2.45) is 0 Å². The summed E-state index contributed by atoms with van der Waals surface area (Å²) in [5.74, 6) is -1.19. The van der Waals surface area contributed by atoms with E-state index in [2.05, 4.69) is 50.4 Å². The summed E-state index contributed by atoms with van der Waals surface area (Å²) in [7, 11) is 0. The predicted molar refractivity (Wildman–Crippen MR) is 301 cm³/mol. The number of hydrogen-bond acceptors (Lipinski definition) is 10. The summed E-state index contributed by atoms with van der Waals surface area (Å²) < 4.78 is 17.6. The molecule has 11 nitrogen and oxygen atoms in total. The number of ether oxygens (including phenoxy) is 3. The molecule has 0 saturated carbocycles. The van der Waals surface area contributed by atoms with Gasteiger partial charge in [-0.3, -0.25) is 9.59 Å². The number of allylic oxidation sites excluding steroid dienone is 5. The van der Waals surface area contributed by atoms with E-state index in [9.17, 15) is 35.1 Å². The zero-order valence-corrected chi connectivity index (χ0v) is 47.3. The van der Waals surface area contributed by atoms with Crippen molar-refractivity contribution in [3.8, 4) is 0 Å². The third kappa shape index (κ3) is 39.0. The number of esters is 1. The Bertz CT molecular complexity index is 1330. The molecule has 11 heteroatoms. The van der Waals surface area contributed by atoms with Crippen LogP contribution in [0.4, 0.5) is 0 Å². The topological polar surface area (TPSA) is 175 Å². The highest BCUT2D eigenvalue weighted by Gasteiger charge is 2.47. The molecule has 0 bridgehead atoms. The normalized spacial score (nSPS) is 19.6. The summed E-state index contributed by atoms with van der Waals surface area (Å²) in [6.45, 7) is 5.77. The molecule has 0 radical (unpaired) electrons. The van der Waals surface area contributed by atoms with Gasteiger partial charge in [0.05, 0.1) is 25.4 Å². The van der Waals surface area contributed by atoms with Crippen molar-refractivity contribution in [3.05, 3.63) is 36.5 Å². The van der Waals surface area contributed by atoms with Crippen LogP contribution < -0.4 is 5.32 Å². The Hall–Kier alpha value is -2.12. The number of amides is 1. The molecule has 8 unspecified atom stereocenters. The third-order valence-electron chi connectivity index (χ3n) is 14.5. The zero-order chi connectivity index (χ0) is 53.3. The van der Waals surface area contributed by atoms with Gasteiger partial charge in [-0.15, -0.1) is 0 Å². The largest absolute Gasteiger partial charge is 0.454 e. The lowest BCUT2D eigenvalue weighted by Crippen LogP contribution is -2.61. The highest BCUT2D eigenvalue weighted by Crippen LogP contribution is 2.26. The molecule has 0 aromatic carbocycles. The van der Waals surface area contributed by atoms with Crippen LogP contribution in [-0.2, 0) is 23.8 Å². The van der Waals surface area contributed by atoms with Crippen molar-refractivity contribution >= 4 is 11.9 Å². The molecular formula is C62H115NO10. The van der Waals surface area contributed by atoms with Crippen molar-refractivity contribution in [1.29, 1.82) is 0 Å². The maximum Gasteiger partial charge on any atom is 0.306 e. The Morgan fingerprint density at radius 2 is 0.945 bits per heavy atom. The first kappa shape index (κ1) is 68.9. The van der Waals surface area contributed by atoms with E-state index in [0.29, 0.717) is 19.3 Å². The molecule has 8 atom stereocenters. The van der Waals surface area contributed by atoms with Gasteiger partial charge in [-0.05, 0) is 57.8 Å². The lowest BCUT2D eigenvalue weighted by Gasteiger charge is -2.41. The van der Waals surface area contributed by atoms with Crippen molar-refractivity contribution < 1.29 is 49.3 Å². The van der Waals surface area contributed by atoms with Gasteiger partial charge in [-0.2, -0.15) is 0 Å². The highest BCUT2D eigenvalue weighted by atomic mass is 16.7. The van der Waals surface area contributed by atoms with Crippen LogP contribution >= 0.6 is 0 Å². The molecule has 428 valence electrons. The van der Waals surface area contributed by atoms with E-state index in [4.69, 9.17) is 14.2 Å². The maximum atomic E-state index is 13.4. The van der Waals surface area contributed by atoms with Gasteiger partial charge in [0.2, 0.25) is 5.91 Å².